The Balaban J connectivity index is 2.20. The van der Waals surface area contributed by atoms with Crippen LogP contribution < -0.4 is 10.6 Å². The lowest BCUT2D eigenvalue weighted by atomic mass is 10.2. The molecule has 0 bridgehead atoms. The predicted molar refractivity (Wildman–Crippen MR) is 83.0 cm³/mol. The monoisotopic (exact) mass is 310 g/mol. The van der Waals surface area contributed by atoms with Crippen LogP contribution in [-0.4, -0.2) is 22.4 Å². The molecule has 0 aromatic carbocycles. The molecular weight excluding hydrogens is 296 g/mol. The van der Waals surface area contributed by atoms with E-state index in [1.165, 1.54) is 17.4 Å². The van der Waals surface area contributed by atoms with Crippen molar-refractivity contribution in [3.05, 3.63) is 33.4 Å². The third kappa shape index (κ3) is 3.46. The number of pyridine rings is 1. The van der Waals surface area contributed by atoms with Crippen molar-refractivity contribution in [2.75, 3.05) is 17.2 Å². The molecule has 0 aliphatic rings. The maximum atomic E-state index is 12.2. The summed E-state index contributed by atoms with van der Waals surface area (Å²) in [4.78, 5) is 21.6. The van der Waals surface area contributed by atoms with Crippen LogP contribution >= 0.6 is 22.9 Å². The molecule has 1 amide bonds. The lowest BCUT2D eigenvalue weighted by Crippen LogP contribution is -2.13. The second-order valence-electron chi connectivity index (χ2n) is 4.21. The molecule has 2 aromatic heterocycles. The van der Waals surface area contributed by atoms with E-state index in [-0.39, 0.29) is 11.1 Å². The molecular formula is C13H15ClN4OS. The van der Waals surface area contributed by atoms with E-state index in [0.29, 0.717) is 23.1 Å². The summed E-state index contributed by atoms with van der Waals surface area (Å²) in [5.74, 6) is 0.332. The second kappa shape index (κ2) is 6.19. The minimum atomic E-state index is -0.248. The van der Waals surface area contributed by atoms with Gasteiger partial charge >= 0.3 is 0 Å². The molecule has 0 fully saturated rings. The Labute approximate surface area is 126 Å². The van der Waals surface area contributed by atoms with Crippen LogP contribution in [0.15, 0.2) is 12.1 Å². The Kier molecular flexibility index (Phi) is 4.57. The fourth-order valence-electron chi connectivity index (χ4n) is 1.60. The average Bonchev–Trinajstić information content (AvgIpc) is 2.68. The van der Waals surface area contributed by atoms with Crippen LogP contribution in [0.1, 0.15) is 27.9 Å². The van der Waals surface area contributed by atoms with E-state index in [1.807, 2.05) is 20.8 Å². The van der Waals surface area contributed by atoms with Crippen LogP contribution in [0.5, 0.6) is 0 Å². The first-order valence-electron chi connectivity index (χ1n) is 6.16. The van der Waals surface area contributed by atoms with E-state index in [4.69, 9.17) is 11.6 Å². The number of aryl methyl sites for hydroxylation is 2. The predicted octanol–water partition coefficient (Wildman–Crippen LogP) is 3.49. The minimum Gasteiger partial charge on any atom is -0.370 e. The van der Waals surface area contributed by atoms with Crippen molar-refractivity contribution in [3.63, 3.8) is 0 Å². The zero-order valence-electron chi connectivity index (χ0n) is 11.5. The number of carbonyl (C=O) groups excluding carboxylic acids is 1. The first-order chi connectivity index (χ1) is 9.49. The van der Waals surface area contributed by atoms with E-state index >= 15 is 0 Å². The van der Waals surface area contributed by atoms with E-state index in [2.05, 4.69) is 20.6 Å². The summed E-state index contributed by atoms with van der Waals surface area (Å²) in [6.07, 6.45) is 0. The quantitative estimate of drug-likeness (QED) is 0.848. The first-order valence-corrected chi connectivity index (χ1v) is 7.36. The van der Waals surface area contributed by atoms with Gasteiger partial charge in [0, 0.05) is 17.0 Å². The van der Waals surface area contributed by atoms with Gasteiger partial charge in [-0.3, -0.25) is 10.1 Å². The largest absolute Gasteiger partial charge is 0.370 e. The zero-order chi connectivity index (χ0) is 14.7. The van der Waals surface area contributed by atoms with Crippen molar-refractivity contribution in [1.29, 1.82) is 0 Å². The number of thiazole rings is 1. The smallest absolute Gasteiger partial charge is 0.257 e. The molecule has 0 aliphatic heterocycles. The van der Waals surface area contributed by atoms with Crippen LogP contribution in [0.2, 0.25) is 5.15 Å². The normalized spacial score (nSPS) is 10.4. The maximum absolute atomic E-state index is 12.2. The topological polar surface area (TPSA) is 66.9 Å². The number of hydrogen-bond donors (Lipinski definition) is 2. The Morgan fingerprint density at radius 1 is 1.35 bits per heavy atom. The molecule has 0 spiro atoms. The van der Waals surface area contributed by atoms with Gasteiger partial charge in [0.1, 0.15) is 11.0 Å². The molecule has 0 unspecified atom stereocenters. The van der Waals surface area contributed by atoms with Crippen molar-refractivity contribution in [2.24, 2.45) is 0 Å². The summed E-state index contributed by atoms with van der Waals surface area (Å²) in [6.45, 7) is 6.53. The minimum absolute atomic E-state index is 0.248. The van der Waals surface area contributed by atoms with Crippen molar-refractivity contribution < 1.29 is 4.79 Å². The zero-order valence-corrected chi connectivity index (χ0v) is 13.0. The summed E-state index contributed by atoms with van der Waals surface area (Å²) >= 11 is 7.37. The third-order valence-corrected chi connectivity index (χ3v) is 3.85. The SMILES string of the molecule is CCNc1cc(C(=O)Nc2nc(C)c(C)s2)cc(Cl)n1. The van der Waals surface area contributed by atoms with Gasteiger partial charge in [0.25, 0.3) is 5.91 Å². The number of nitrogens with one attached hydrogen (secondary N) is 2. The number of carbonyl (C=O) groups is 1. The highest BCUT2D eigenvalue weighted by molar-refractivity contribution is 7.15. The van der Waals surface area contributed by atoms with Gasteiger partial charge in [0.05, 0.1) is 5.69 Å². The van der Waals surface area contributed by atoms with Gasteiger partial charge in [-0.1, -0.05) is 11.6 Å². The van der Waals surface area contributed by atoms with E-state index in [9.17, 15) is 4.79 Å². The van der Waals surface area contributed by atoms with Crippen LogP contribution in [0, 0.1) is 13.8 Å². The van der Waals surface area contributed by atoms with Crippen molar-refractivity contribution in [2.45, 2.75) is 20.8 Å². The maximum Gasteiger partial charge on any atom is 0.257 e. The van der Waals surface area contributed by atoms with Crippen LogP contribution in [0.25, 0.3) is 0 Å². The average molecular weight is 311 g/mol. The molecule has 7 heteroatoms. The molecule has 0 radical (unpaired) electrons. The molecule has 0 saturated carbocycles. The molecule has 2 aromatic rings. The third-order valence-electron chi connectivity index (χ3n) is 2.66. The van der Waals surface area contributed by atoms with Gasteiger partial charge in [0.15, 0.2) is 5.13 Å². The Morgan fingerprint density at radius 2 is 2.10 bits per heavy atom. The van der Waals surface area contributed by atoms with Gasteiger partial charge in [0.2, 0.25) is 0 Å². The highest BCUT2D eigenvalue weighted by Crippen LogP contribution is 2.22. The van der Waals surface area contributed by atoms with Crippen LogP contribution in [0.3, 0.4) is 0 Å². The van der Waals surface area contributed by atoms with Crippen molar-refractivity contribution >= 4 is 39.8 Å². The summed E-state index contributed by atoms with van der Waals surface area (Å²) in [5, 5.41) is 6.67. The summed E-state index contributed by atoms with van der Waals surface area (Å²) in [7, 11) is 0. The van der Waals surface area contributed by atoms with E-state index in [1.54, 1.807) is 6.07 Å². The van der Waals surface area contributed by atoms with E-state index in [0.717, 1.165) is 10.6 Å². The van der Waals surface area contributed by atoms with Gasteiger partial charge in [-0.25, -0.2) is 9.97 Å². The standard InChI is InChI=1S/C13H15ClN4OS/c1-4-15-11-6-9(5-10(14)17-11)12(19)18-13-16-7(2)8(3)20-13/h5-6H,4H2,1-3H3,(H,15,17)(H,16,18,19). The number of anilines is 2. The fraction of sp³-hybridized carbons (Fsp3) is 0.308. The summed E-state index contributed by atoms with van der Waals surface area (Å²) in [5.41, 5.74) is 1.37. The lowest BCUT2D eigenvalue weighted by molar-refractivity contribution is 0.102. The van der Waals surface area contributed by atoms with Gasteiger partial charge in [-0.05, 0) is 32.9 Å². The van der Waals surface area contributed by atoms with Crippen molar-refractivity contribution in [1.82, 2.24) is 9.97 Å². The number of halogens is 1. The van der Waals surface area contributed by atoms with Crippen LogP contribution in [-0.2, 0) is 0 Å². The lowest BCUT2D eigenvalue weighted by Gasteiger charge is -2.06. The van der Waals surface area contributed by atoms with Gasteiger partial charge < -0.3 is 5.32 Å². The number of rotatable bonds is 4. The van der Waals surface area contributed by atoms with Crippen LogP contribution in [0.4, 0.5) is 10.9 Å². The molecule has 0 aliphatic carbocycles. The molecule has 0 atom stereocenters. The second-order valence-corrected chi connectivity index (χ2v) is 5.80. The molecule has 2 rings (SSSR count). The van der Waals surface area contributed by atoms with Gasteiger partial charge in [-0.15, -0.1) is 11.3 Å². The number of hydrogen-bond acceptors (Lipinski definition) is 5. The molecule has 2 heterocycles. The number of amides is 1. The highest BCUT2D eigenvalue weighted by Gasteiger charge is 2.12. The molecule has 20 heavy (non-hydrogen) atoms. The van der Waals surface area contributed by atoms with Crippen molar-refractivity contribution in [3.8, 4) is 0 Å². The summed E-state index contributed by atoms with van der Waals surface area (Å²) in [6, 6.07) is 3.20. The van der Waals surface area contributed by atoms with E-state index < -0.39 is 0 Å². The highest BCUT2D eigenvalue weighted by atomic mass is 35.5. The number of aromatic nitrogens is 2. The summed E-state index contributed by atoms with van der Waals surface area (Å²) < 4.78 is 0. The molecule has 0 saturated heterocycles. The molecule has 106 valence electrons. The number of nitrogens with zero attached hydrogens (tertiary/aromatic N) is 2. The Morgan fingerprint density at radius 3 is 2.70 bits per heavy atom. The first kappa shape index (κ1) is 14.7. The Bertz CT molecular complexity index is 622. The van der Waals surface area contributed by atoms with Gasteiger partial charge in [-0.2, -0.15) is 0 Å². The Hall–Kier alpha value is -1.66. The fourth-order valence-corrected chi connectivity index (χ4v) is 2.61. The molecule has 5 nitrogen and oxygen atoms in total. The molecule has 2 N–H and O–H groups in total.